The molecule has 1 atom stereocenters. The number of imidazole rings is 1. The van der Waals surface area contributed by atoms with Gasteiger partial charge in [0.25, 0.3) is 5.91 Å². The van der Waals surface area contributed by atoms with Crippen molar-refractivity contribution in [3.05, 3.63) is 72.0 Å². The predicted molar refractivity (Wildman–Crippen MR) is 150 cm³/mol. The van der Waals surface area contributed by atoms with Crippen molar-refractivity contribution in [2.24, 2.45) is 5.92 Å². The van der Waals surface area contributed by atoms with Gasteiger partial charge in [0.1, 0.15) is 11.5 Å². The highest BCUT2D eigenvalue weighted by molar-refractivity contribution is 5.99. The van der Waals surface area contributed by atoms with Crippen molar-refractivity contribution in [3.63, 3.8) is 0 Å². The summed E-state index contributed by atoms with van der Waals surface area (Å²) in [4.78, 5) is 40.8. The summed E-state index contributed by atoms with van der Waals surface area (Å²) in [5.74, 6) is 0.222. The van der Waals surface area contributed by atoms with Gasteiger partial charge < -0.3 is 13.9 Å². The molecule has 41 heavy (non-hydrogen) atoms. The first-order valence-corrected chi connectivity index (χ1v) is 14.1. The van der Waals surface area contributed by atoms with Gasteiger partial charge in [0.2, 0.25) is 0 Å². The third-order valence-electron chi connectivity index (χ3n) is 8.09. The van der Waals surface area contributed by atoms with Gasteiger partial charge in [-0.05, 0) is 70.7 Å². The monoisotopic (exact) mass is 557 g/mol. The van der Waals surface area contributed by atoms with Crippen LogP contribution in [0.1, 0.15) is 62.7 Å². The minimum Gasteiger partial charge on any atom is -0.476 e. The van der Waals surface area contributed by atoms with Gasteiger partial charge in [0.15, 0.2) is 17.7 Å². The molecule has 0 unspecified atom stereocenters. The molecule has 0 spiro atoms. The molecule has 6 rings (SSSR count). The lowest BCUT2D eigenvalue weighted by Gasteiger charge is -2.33. The molecule has 4 aromatic rings. The quantitative estimate of drug-likeness (QED) is 0.293. The van der Waals surface area contributed by atoms with Crippen molar-refractivity contribution in [2.45, 2.75) is 65.0 Å². The Bertz CT molecular complexity index is 1610. The summed E-state index contributed by atoms with van der Waals surface area (Å²) in [6.07, 6.45) is 8.12. The van der Waals surface area contributed by atoms with Crippen molar-refractivity contribution in [2.75, 3.05) is 11.5 Å². The van der Waals surface area contributed by atoms with Gasteiger partial charge in [-0.2, -0.15) is 0 Å². The Labute approximate surface area is 237 Å². The van der Waals surface area contributed by atoms with Gasteiger partial charge in [-0.3, -0.25) is 14.5 Å². The maximum atomic E-state index is 14.5. The maximum Gasteiger partial charge on any atom is 0.308 e. The van der Waals surface area contributed by atoms with Crippen molar-refractivity contribution in [3.8, 4) is 16.9 Å². The number of aryl methyl sites for hydroxylation is 1. The topological polar surface area (TPSA) is 98.9 Å². The predicted octanol–water partition coefficient (Wildman–Crippen LogP) is 5.39. The minimum atomic E-state index is -0.801. The van der Waals surface area contributed by atoms with Crippen LogP contribution < -0.4 is 9.64 Å². The summed E-state index contributed by atoms with van der Waals surface area (Å²) in [6.45, 7) is 5.98. The lowest BCUT2D eigenvalue weighted by Crippen LogP contribution is -2.44. The summed E-state index contributed by atoms with van der Waals surface area (Å²) in [6, 6.07) is 8.49. The van der Waals surface area contributed by atoms with Crippen LogP contribution >= 0.6 is 0 Å². The lowest BCUT2D eigenvalue weighted by atomic mass is 9.81. The Morgan fingerprint density at radius 3 is 2.59 bits per heavy atom. The fourth-order valence-corrected chi connectivity index (χ4v) is 5.82. The number of benzene rings is 1. The summed E-state index contributed by atoms with van der Waals surface area (Å²) >= 11 is 0. The van der Waals surface area contributed by atoms with Gasteiger partial charge in [0.05, 0.1) is 36.1 Å². The highest BCUT2D eigenvalue weighted by Gasteiger charge is 2.34. The number of para-hydroxylation sites is 1. The number of hydrogen-bond donors (Lipinski definition) is 0. The molecule has 0 saturated heterocycles. The number of halogens is 1. The zero-order chi connectivity index (χ0) is 28.7. The first-order chi connectivity index (χ1) is 19.8. The van der Waals surface area contributed by atoms with Crippen LogP contribution in [0.2, 0.25) is 0 Å². The molecule has 1 amide bonds. The van der Waals surface area contributed by atoms with Crippen LogP contribution in [0, 0.1) is 18.7 Å². The van der Waals surface area contributed by atoms with E-state index in [0.29, 0.717) is 12.3 Å². The molecular weight excluding hydrogens is 525 g/mol. The number of rotatable bonds is 6. The van der Waals surface area contributed by atoms with E-state index in [1.807, 2.05) is 49.0 Å². The van der Waals surface area contributed by atoms with Gasteiger partial charge >= 0.3 is 5.97 Å². The molecule has 212 valence electrons. The molecule has 1 saturated carbocycles. The molecule has 1 aliphatic carbocycles. The SMILES string of the molecule is CCOC(=O)C1CCC(c2ncc(-c3ccc4nc(C)c(CN5C(=O)[C@@H](C)Oc6c(F)cccc65)n4c3)cn2)CC1. The number of carbonyl (C=O) groups excluding carboxylic acids is 2. The number of amides is 1. The number of carbonyl (C=O) groups is 2. The number of pyridine rings is 1. The van der Waals surface area contributed by atoms with Crippen LogP contribution in [0.15, 0.2) is 48.9 Å². The Balaban J connectivity index is 1.24. The number of aromatic nitrogens is 4. The fourth-order valence-electron chi connectivity index (χ4n) is 5.82. The van der Waals surface area contributed by atoms with Crippen LogP contribution in [0.3, 0.4) is 0 Å². The van der Waals surface area contributed by atoms with Crippen molar-refractivity contribution in [1.29, 1.82) is 0 Å². The van der Waals surface area contributed by atoms with Gasteiger partial charge in [0, 0.05) is 35.6 Å². The Kier molecular flexibility index (Phi) is 7.15. The van der Waals surface area contributed by atoms with Crippen molar-refractivity contribution in [1.82, 2.24) is 19.4 Å². The summed E-state index contributed by atoms with van der Waals surface area (Å²) < 4.78 is 27.2. The zero-order valence-corrected chi connectivity index (χ0v) is 23.3. The van der Waals surface area contributed by atoms with Gasteiger partial charge in [-0.1, -0.05) is 6.07 Å². The minimum absolute atomic E-state index is 0.0338. The van der Waals surface area contributed by atoms with Crippen LogP contribution in [-0.4, -0.2) is 43.9 Å². The molecule has 4 heterocycles. The van der Waals surface area contributed by atoms with Crippen LogP contribution in [0.5, 0.6) is 5.75 Å². The number of nitrogens with zero attached hydrogens (tertiary/aromatic N) is 5. The molecule has 2 aliphatic rings. The number of anilines is 1. The van der Waals surface area contributed by atoms with Crippen LogP contribution in [0.4, 0.5) is 10.1 Å². The highest BCUT2D eigenvalue weighted by Crippen LogP contribution is 2.38. The van der Waals surface area contributed by atoms with E-state index in [-0.39, 0.29) is 36.0 Å². The first-order valence-electron chi connectivity index (χ1n) is 14.1. The van der Waals surface area contributed by atoms with E-state index in [9.17, 15) is 14.0 Å². The molecule has 1 fully saturated rings. The number of hydrogen-bond acceptors (Lipinski definition) is 7. The van der Waals surface area contributed by atoms with Crippen LogP contribution in [-0.2, 0) is 20.9 Å². The molecule has 1 aliphatic heterocycles. The average molecular weight is 558 g/mol. The molecule has 3 aromatic heterocycles. The summed E-state index contributed by atoms with van der Waals surface area (Å²) in [5, 5.41) is 0. The number of ether oxygens (including phenoxy) is 2. The van der Waals surface area contributed by atoms with Crippen LogP contribution in [0.25, 0.3) is 16.8 Å². The number of fused-ring (bicyclic) bond motifs is 2. The largest absolute Gasteiger partial charge is 0.476 e. The van der Waals surface area contributed by atoms with E-state index in [1.165, 1.54) is 6.07 Å². The Morgan fingerprint density at radius 2 is 1.85 bits per heavy atom. The van der Waals surface area contributed by atoms with E-state index in [2.05, 4.69) is 9.97 Å². The molecular formula is C31H32FN5O4. The first kappa shape index (κ1) is 26.9. The van der Waals surface area contributed by atoms with Crippen molar-refractivity contribution >= 4 is 23.2 Å². The molecule has 0 N–H and O–H groups in total. The summed E-state index contributed by atoms with van der Waals surface area (Å²) in [7, 11) is 0. The third kappa shape index (κ3) is 5.03. The zero-order valence-electron chi connectivity index (χ0n) is 23.3. The third-order valence-corrected chi connectivity index (χ3v) is 8.09. The van der Waals surface area contributed by atoms with Gasteiger partial charge in [-0.15, -0.1) is 0 Å². The maximum absolute atomic E-state index is 14.5. The lowest BCUT2D eigenvalue weighted by molar-refractivity contribution is -0.149. The van der Waals surface area contributed by atoms with E-state index in [1.54, 1.807) is 24.0 Å². The van der Waals surface area contributed by atoms with E-state index in [0.717, 1.165) is 59.7 Å². The number of esters is 1. The molecule has 0 radical (unpaired) electrons. The molecule has 10 heteroatoms. The second-order valence-electron chi connectivity index (χ2n) is 10.7. The highest BCUT2D eigenvalue weighted by atomic mass is 19.1. The Hall–Kier alpha value is -4.34. The fraction of sp³-hybridized carbons (Fsp3) is 0.387. The molecule has 1 aromatic carbocycles. The summed E-state index contributed by atoms with van der Waals surface area (Å²) in [5.41, 5.74) is 4.50. The molecule has 0 bridgehead atoms. The second-order valence-corrected chi connectivity index (χ2v) is 10.7. The second kappa shape index (κ2) is 10.9. The average Bonchev–Trinajstić information content (AvgIpc) is 3.30. The van der Waals surface area contributed by atoms with Gasteiger partial charge in [-0.25, -0.2) is 19.3 Å². The standard InChI is InChI=1S/C31H32FN5O4/c1-4-40-31(39)21-10-8-20(9-11-21)29-33-14-23(15-34-29)22-12-13-27-35-18(2)26(36(27)16-22)17-37-25-7-5-6-24(32)28(25)41-19(3)30(37)38/h5-7,12-16,19-21H,4,8-11,17H2,1-3H3/t19-,20?,21?/m1/s1. The Morgan fingerprint density at radius 1 is 1.10 bits per heavy atom. The van der Waals surface area contributed by atoms with E-state index in [4.69, 9.17) is 14.5 Å². The normalized spacial score (nSPS) is 20.5. The smallest absolute Gasteiger partial charge is 0.308 e. The molecule has 9 nitrogen and oxygen atoms in total. The van der Waals surface area contributed by atoms with E-state index >= 15 is 0 Å². The van der Waals surface area contributed by atoms with E-state index < -0.39 is 11.9 Å². The van der Waals surface area contributed by atoms with Crippen molar-refractivity contribution < 1.29 is 23.5 Å².